The molecule has 0 unspecified atom stereocenters. The van der Waals surface area contributed by atoms with Gasteiger partial charge in [0.15, 0.2) is 0 Å². The third-order valence-electron chi connectivity index (χ3n) is 4.29. The highest BCUT2D eigenvalue weighted by atomic mass is 35.5. The Morgan fingerprint density at radius 1 is 1.17 bits per heavy atom. The molecule has 5 nitrogen and oxygen atoms in total. The number of carbonyl (C=O) groups is 1. The average Bonchev–Trinajstić information content (AvgIpc) is 2.63. The van der Waals surface area contributed by atoms with E-state index < -0.39 is 0 Å². The van der Waals surface area contributed by atoms with Gasteiger partial charge in [0.25, 0.3) is 0 Å². The summed E-state index contributed by atoms with van der Waals surface area (Å²) in [4.78, 5) is 20.6. The summed E-state index contributed by atoms with van der Waals surface area (Å²) in [5.41, 5.74) is 3.10. The predicted octanol–water partition coefficient (Wildman–Crippen LogP) is 3.08. The van der Waals surface area contributed by atoms with Gasteiger partial charge in [0.1, 0.15) is 0 Å². The van der Waals surface area contributed by atoms with E-state index in [-0.39, 0.29) is 6.03 Å². The molecule has 2 amide bonds. The highest BCUT2D eigenvalue weighted by molar-refractivity contribution is 6.31. The van der Waals surface area contributed by atoms with Crippen molar-refractivity contribution in [1.82, 2.24) is 15.2 Å². The molecule has 2 heterocycles. The molecule has 0 spiro atoms. The maximum Gasteiger partial charge on any atom is 0.317 e. The number of hydrogen-bond donors (Lipinski definition) is 1. The van der Waals surface area contributed by atoms with E-state index in [1.807, 2.05) is 42.2 Å². The van der Waals surface area contributed by atoms with E-state index in [4.69, 9.17) is 11.6 Å². The summed E-state index contributed by atoms with van der Waals surface area (Å²) >= 11 is 6.20. The Kier molecular flexibility index (Phi) is 5.20. The summed E-state index contributed by atoms with van der Waals surface area (Å²) in [6.07, 6.45) is 1.73. The van der Waals surface area contributed by atoms with Crippen molar-refractivity contribution in [1.29, 1.82) is 0 Å². The summed E-state index contributed by atoms with van der Waals surface area (Å²) in [7, 11) is 0. The molecule has 1 saturated heterocycles. The first kappa shape index (κ1) is 16.6. The molecule has 0 bridgehead atoms. The smallest absolute Gasteiger partial charge is 0.317 e. The number of carbonyl (C=O) groups excluding carboxylic acids is 1. The Hall–Kier alpha value is -2.27. The summed E-state index contributed by atoms with van der Waals surface area (Å²) in [6, 6.07) is 11.6. The minimum absolute atomic E-state index is 0.0388. The number of hydrogen-bond acceptors (Lipinski definition) is 3. The van der Waals surface area contributed by atoms with Crippen molar-refractivity contribution in [2.45, 2.75) is 13.5 Å². The highest BCUT2D eigenvalue weighted by Gasteiger charge is 2.22. The monoisotopic (exact) mass is 344 g/mol. The van der Waals surface area contributed by atoms with E-state index in [0.717, 1.165) is 35.1 Å². The quantitative estimate of drug-likeness (QED) is 0.930. The first-order valence-corrected chi connectivity index (χ1v) is 8.45. The zero-order chi connectivity index (χ0) is 16.9. The molecule has 0 atom stereocenters. The SMILES string of the molecule is Cc1c(Cl)cccc1N1CCN(C(=O)NCc2ccccn2)CC1. The lowest BCUT2D eigenvalue weighted by molar-refractivity contribution is 0.194. The lowest BCUT2D eigenvalue weighted by Crippen LogP contribution is -2.51. The molecule has 1 N–H and O–H groups in total. The van der Waals surface area contributed by atoms with Crippen LogP contribution >= 0.6 is 11.6 Å². The largest absolute Gasteiger partial charge is 0.368 e. The predicted molar refractivity (Wildman–Crippen MR) is 96.4 cm³/mol. The van der Waals surface area contributed by atoms with Crippen LogP contribution in [0.15, 0.2) is 42.6 Å². The Labute approximate surface area is 147 Å². The molecule has 24 heavy (non-hydrogen) atoms. The maximum atomic E-state index is 12.3. The van der Waals surface area contributed by atoms with Crippen molar-refractivity contribution in [3.8, 4) is 0 Å². The van der Waals surface area contributed by atoms with Gasteiger partial charge in [-0.05, 0) is 36.8 Å². The molecule has 0 saturated carbocycles. The number of anilines is 1. The minimum Gasteiger partial charge on any atom is -0.368 e. The molecule has 1 aromatic carbocycles. The Morgan fingerprint density at radius 2 is 1.96 bits per heavy atom. The summed E-state index contributed by atoms with van der Waals surface area (Å²) in [5, 5.41) is 3.71. The molecular formula is C18H21ClN4O. The maximum absolute atomic E-state index is 12.3. The third kappa shape index (κ3) is 3.79. The molecule has 0 radical (unpaired) electrons. The van der Waals surface area contributed by atoms with Gasteiger partial charge in [-0.15, -0.1) is 0 Å². The highest BCUT2D eigenvalue weighted by Crippen LogP contribution is 2.27. The second-order valence-corrected chi connectivity index (χ2v) is 6.25. The number of nitrogens with one attached hydrogen (secondary N) is 1. The molecule has 0 aliphatic carbocycles. The minimum atomic E-state index is -0.0388. The second kappa shape index (κ2) is 7.53. The summed E-state index contributed by atoms with van der Waals surface area (Å²) < 4.78 is 0. The number of pyridine rings is 1. The van der Waals surface area contributed by atoms with Crippen LogP contribution in [-0.2, 0) is 6.54 Å². The van der Waals surface area contributed by atoms with Crippen molar-refractivity contribution in [2.24, 2.45) is 0 Å². The summed E-state index contributed by atoms with van der Waals surface area (Å²) in [5.74, 6) is 0. The van der Waals surface area contributed by atoms with Crippen LogP contribution in [0.4, 0.5) is 10.5 Å². The lowest BCUT2D eigenvalue weighted by atomic mass is 10.1. The zero-order valence-electron chi connectivity index (χ0n) is 13.7. The number of piperazine rings is 1. The van der Waals surface area contributed by atoms with Crippen molar-refractivity contribution >= 4 is 23.3 Å². The van der Waals surface area contributed by atoms with Gasteiger partial charge in [0, 0.05) is 43.1 Å². The van der Waals surface area contributed by atoms with Gasteiger partial charge in [0.2, 0.25) is 0 Å². The van der Waals surface area contributed by atoms with Crippen LogP contribution in [0.1, 0.15) is 11.3 Å². The zero-order valence-corrected chi connectivity index (χ0v) is 14.5. The molecule has 1 aromatic heterocycles. The first-order chi connectivity index (χ1) is 11.6. The van der Waals surface area contributed by atoms with Crippen molar-refractivity contribution in [3.05, 3.63) is 58.9 Å². The van der Waals surface area contributed by atoms with E-state index in [2.05, 4.69) is 21.3 Å². The van der Waals surface area contributed by atoms with Crippen LogP contribution in [0.3, 0.4) is 0 Å². The standard InChI is InChI=1S/C18H21ClN4O/c1-14-16(19)6-4-7-17(14)22-9-11-23(12-10-22)18(24)21-13-15-5-2-3-8-20-15/h2-8H,9-13H2,1H3,(H,21,24). The molecule has 3 rings (SSSR count). The number of benzene rings is 1. The van der Waals surface area contributed by atoms with Gasteiger partial charge >= 0.3 is 6.03 Å². The van der Waals surface area contributed by atoms with E-state index in [0.29, 0.717) is 19.6 Å². The van der Waals surface area contributed by atoms with Crippen molar-refractivity contribution in [3.63, 3.8) is 0 Å². The van der Waals surface area contributed by atoms with Crippen molar-refractivity contribution < 1.29 is 4.79 Å². The number of amides is 2. The Morgan fingerprint density at radius 3 is 2.67 bits per heavy atom. The van der Waals surface area contributed by atoms with Gasteiger partial charge in [-0.25, -0.2) is 4.79 Å². The third-order valence-corrected chi connectivity index (χ3v) is 4.70. The average molecular weight is 345 g/mol. The fourth-order valence-electron chi connectivity index (χ4n) is 2.87. The van der Waals surface area contributed by atoms with E-state index >= 15 is 0 Å². The van der Waals surface area contributed by atoms with Gasteiger partial charge in [-0.3, -0.25) is 4.98 Å². The number of halogens is 1. The van der Waals surface area contributed by atoms with Gasteiger partial charge in [-0.1, -0.05) is 23.7 Å². The van der Waals surface area contributed by atoms with Crippen LogP contribution in [0.2, 0.25) is 5.02 Å². The molecule has 1 aliphatic rings. The van der Waals surface area contributed by atoms with Crippen LogP contribution in [0.5, 0.6) is 0 Å². The fourth-order valence-corrected chi connectivity index (χ4v) is 3.04. The van der Waals surface area contributed by atoms with E-state index in [1.54, 1.807) is 6.20 Å². The number of nitrogens with zero attached hydrogens (tertiary/aromatic N) is 3. The van der Waals surface area contributed by atoms with Crippen LogP contribution in [0.25, 0.3) is 0 Å². The lowest BCUT2D eigenvalue weighted by Gasteiger charge is -2.36. The van der Waals surface area contributed by atoms with Crippen molar-refractivity contribution in [2.75, 3.05) is 31.1 Å². The van der Waals surface area contributed by atoms with Gasteiger partial charge in [-0.2, -0.15) is 0 Å². The molecule has 6 heteroatoms. The Balaban J connectivity index is 1.53. The normalized spacial score (nSPS) is 14.6. The second-order valence-electron chi connectivity index (χ2n) is 5.84. The van der Waals surface area contributed by atoms with Crippen LogP contribution in [0, 0.1) is 6.92 Å². The number of aromatic nitrogens is 1. The molecule has 1 aliphatic heterocycles. The van der Waals surface area contributed by atoms with E-state index in [9.17, 15) is 4.79 Å². The van der Waals surface area contributed by atoms with Crippen LogP contribution in [-0.4, -0.2) is 42.1 Å². The van der Waals surface area contributed by atoms with Crippen LogP contribution < -0.4 is 10.2 Å². The molecule has 2 aromatic rings. The Bertz CT molecular complexity index is 699. The van der Waals surface area contributed by atoms with Gasteiger partial charge in [0.05, 0.1) is 12.2 Å². The fraction of sp³-hybridized carbons (Fsp3) is 0.333. The number of rotatable bonds is 3. The molecule has 126 valence electrons. The summed E-state index contributed by atoms with van der Waals surface area (Å²) in [6.45, 7) is 5.48. The molecule has 1 fully saturated rings. The topological polar surface area (TPSA) is 48.5 Å². The van der Waals surface area contributed by atoms with Gasteiger partial charge < -0.3 is 15.1 Å². The van der Waals surface area contributed by atoms with E-state index in [1.165, 1.54) is 0 Å². The number of urea groups is 1. The first-order valence-electron chi connectivity index (χ1n) is 8.08. The molecular weight excluding hydrogens is 324 g/mol.